The Morgan fingerprint density at radius 1 is 0.412 bits per heavy atom. The Morgan fingerprint density at radius 3 is 1.11 bits per heavy atom. The number of amides is 2. The van der Waals surface area contributed by atoms with Crippen LogP contribution >= 0.6 is 0 Å². The molecule has 3 aromatic heterocycles. The van der Waals surface area contributed by atoms with Gasteiger partial charge in [-0.1, -0.05) is 27.7 Å². The average molecular weight is 1100 g/mol. The van der Waals surface area contributed by atoms with Crippen LogP contribution in [0.25, 0.3) is 44.4 Å². The molecule has 8 bridgehead atoms. The van der Waals surface area contributed by atoms with Crippen LogP contribution in [-0.2, 0) is 22.4 Å². The van der Waals surface area contributed by atoms with E-state index in [9.17, 15) is 9.59 Å². The highest BCUT2D eigenvalue weighted by molar-refractivity contribution is 5.97. The van der Waals surface area contributed by atoms with Crippen molar-refractivity contribution in [2.75, 3.05) is 105 Å². The number of carbonyl (C=O) groups is 2. The second-order valence-corrected chi connectivity index (χ2v) is 22.3. The lowest BCUT2D eigenvalue weighted by molar-refractivity contribution is -0.131. The van der Waals surface area contributed by atoms with E-state index >= 15 is 0 Å². The first-order valence-electron chi connectivity index (χ1n) is 31.9. The maximum absolute atomic E-state index is 14.1. The van der Waals surface area contributed by atoms with Crippen LogP contribution in [0.1, 0.15) is 203 Å². The van der Waals surface area contributed by atoms with Crippen molar-refractivity contribution in [3.8, 4) is 0 Å². The summed E-state index contributed by atoms with van der Waals surface area (Å²) in [7, 11) is 0. The predicted molar refractivity (Wildman–Crippen MR) is 341 cm³/mol. The third-order valence-electron chi connectivity index (χ3n) is 16.5. The van der Waals surface area contributed by atoms with Crippen molar-refractivity contribution in [1.29, 1.82) is 0 Å². The molecule has 0 radical (unpaired) electrons. The van der Waals surface area contributed by atoms with Gasteiger partial charge in [0, 0.05) is 61.1 Å². The molecule has 0 unspecified atom stereocenters. The van der Waals surface area contributed by atoms with Gasteiger partial charge in [0.05, 0.1) is 22.8 Å². The van der Waals surface area contributed by atoms with Gasteiger partial charge in [-0.05, 0) is 292 Å². The van der Waals surface area contributed by atoms with E-state index in [4.69, 9.17) is 9.97 Å². The fourth-order valence-electron chi connectivity index (χ4n) is 11.4. The Balaban J connectivity index is 1.27. The summed E-state index contributed by atoms with van der Waals surface area (Å²) in [6.45, 7) is 37.3. The molecule has 2 amide bonds. The number of fused-ring (bicyclic) bond motifs is 8. The van der Waals surface area contributed by atoms with Crippen LogP contribution in [-0.4, -0.2) is 146 Å². The molecule has 14 nitrogen and oxygen atoms in total. The van der Waals surface area contributed by atoms with Crippen molar-refractivity contribution >= 4 is 56.2 Å². The molecule has 2 aliphatic rings. The largest absolute Gasteiger partial charge is 0.355 e. The molecule has 0 aliphatic carbocycles. The smallest absolute Gasteiger partial charge is 0.222 e. The second-order valence-electron chi connectivity index (χ2n) is 22.3. The predicted octanol–water partition coefficient (Wildman–Crippen LogP) is 11.4. The zero-order chi connectivity index (χ0) is 57.5. The van der Waals surface area contributed by atoms with Gasteiger partial charge in [-0.2, -0.15) is 0 Å². The van der Waals surface area contributed by atoms with E-state index in [1.807, 2.05) is 9.80 Å². The van der Waals surface area contributed by atoms with Crippen molar-refractivity contribution in [2.24, 2.45) is 0 Å². The van der Waals surface area contributed by atoms with Crippen molar-refractivity contribution < 1.29 is 9.59 Å². The van der Waals surface area contributed by atoms with E-state index in [-0.39, 0.29) is 11.8 Å². The Bertz CT molecular complexity index is 2570. The number of hydrogen-bond donors (Lipinski definition) is 8. The Hall–Kier alpha value is -4.70. The molecule has 0 aromatic carbocycles. The Kier molecular flexibility index (Phi) is 30.9. The van der Waals surface area contributed by atoms with Gasteiger partial charge < -0.3 is 51.7 Å². The molecular formula is C66H110N12O2. The molecule has 446 valence electrons. The van der Waals surface area contributed by atoms with Crippen LogP contribution in [0.3, 0.4) is 0 Å². The van der Waals surface area contributed by atoms with Crippen LogP contribution in [0.5, 0.6) is 0 Å². The fraction of sp³-hybridized carbons (Fsp3) is 0.667. The number of hydrogen-bond acceptors (Lipinski definition) is 10. The summed E-state index contributed by atoms with van der Waals surface area (Å²) >= 11 is 0. The maximum Gasteiger partial charge on any atom is 0.222 e. The summed E-state index contributed by atoms with van der Waals surface area (Å²) in [6, 6.07) is 8.83. The van der Waals surface area contributed by atoms with E-state index in [2.05, 4.69) is 135 Å². The van der Waals surface area contributed by atoms with Gasteiger partial charge in [0.15, 0.2) is 0 Å². The molecule has 80 heavy (non-hydrogen) atoms. The molecule has 14 heteroatoms. The summed E-state index contributed by atoms with van der Waals surface area (Å²) in [6.07, 6.45) is 17.5. The first kappa shape index (κ1) is 66.1. The molecule has 5 heterocycles. The monoisotopic (exact) mass is 1100 g/mol. The van der Waals surface area contributed by atoms with Gasteiger partial charge in [-0.3, -0.25) is 9.59 Å². The number of H-pyrrole nitrogens is 2. The standard InChI is InChI=1S/C66H110N12O2/c1-11-53-49(7)57-45-58-51(9)55(29-31-65(79)77(15-5)43-27-25-41-71-39-23-21-37-69-35-19-17-33-67-13-3)63(75-58)47-60-52(10)56(64(76-60)48-62-54(12-2)50(8)59(74-62)46-61(53)73-57)30-32-66(80)78(16-6)44-28-26-42-72-40-24-22-38-70-36-20-18-34-68-14-4/h45-48,67-74H,11-44H2,1-10H3. The van der Waals surface area contributed by atoms with E-state index in [1.165, 1.54) is 73.6 Å². The fourth-order valence-corrected chi connectivity index (χ4v) is 11.4. The molecule has 8 N–H and O–H groups in total. The Labute approximate surface area is 484 Å². The average Bonchev–Trinajstić information content (AvgIpc) is 4.14. The highest BCUT2D eigenvalue weighted by atomic mass is 16.2. The summed E-state index contributed by atoms with van der Waals surface area (Å²) < 4.78 is 0. The normalized spacial score (nSPS) is 12.6. The van der Waals surface area contributed by atoms with E-state index < -0.39 is 0 Å². The molecule has 0 fully saturated rings. The highest BCUT2D eigenvalue weighted by Gasteiger charge is 2.24. The number of nitrogens with one attached hydrogen (secondary N) is 8. The van der Waals surface area contributed by atoms with Crippen LogP contribution < -0.4 is 31.9 Å². The van der Waals surface area contributed by atoms with E-state index in [0.717, 1.165) is 197 Å². The molecule has 3 aromatic rings. The number of rotatable bonds is 42. The quantitative estimate of drug-likeness (QED) is 0.0256. The van der Waals surface area contributed by atoms with Gasteiger partial charge in [0.2, 0.25) is 11.8 Å². The van der Waals surface area contributed by atoms with Gasteiger partial charge in [-0.25, -0.2) is 9.97 Å². The van der Waals surface area contributed by atoms with Crippen molar-refractivity contribution in [2.45, 2.75) is 185 Å². The molecule has 5 rings (SSSR count). The first-order valence-corrected chi connectivity index (χ1v) is 31.9. The lowest BCUT2D eigenvalue weighted by atomic mass is 9.98. The van der Waals surface area contributed by atoms with E-state index in [0.29, 0.717) is 38.8 Å². The lowest BCUT2D eigenvalue weighted by Crippen LogP contribution is -2.32. The number of carbonyl (C=O) groups excluding carboxylic acids is 2. The lowest BCUT2D eigenvalue weighted by Gasteiger charge is -2.21. The molecule has 0 saturated heterocycles. The highest BCUT2D eigenvalue weighted by Crippen LogP contribution is 2.38. The number of aromatic amines is 2. The SMILES string of the molecule is CCNCCCCNCCCCNCCCCN(CC)C(=O)CCC1=C(C)c2cc3[nH]c(cc4[nH]c(cc5nc(cc1n2)C(C)=C5CCC(=O)N(CC)CCCCNCCCCNCCCCNCC)c(CC)c4C)c(CC)c3C. The van der Waals surface area contributed by atoms with Gasteiger partial charge in [0.25, 0.3) is 0 Å². The maximum atomic E-state index is 14.1. The number of unbranched alkanes of at least 4 members (excludes halogenated alkanes) is 6. The number of aryl methyl sites for hydroxylation is 4. The second kappa shape index (κ2) is 37.4. The molecule has 0 atom stereocenters. The summed E-state index contributed by atoms with van der Waals surface area (Å²) in [5.41, 5.74) is 17.2. The minimum absolute atomic E-state index is 0.186. The minimum atomic E-state index is 0.186. The van der Waals surface area contributed by atoms with Crippen molar-refractivity contribution in [3.05, 3.63) is 69.3 Å². The topological polar surface area (TPSA) is 170 Å². The third-order valence-corrected chi connectivity index (χ3v) is 16.5. The number of allylic oxidation sites excluding steroid dienone is 4. The van der Waals surface area contributed by atoms with Gasteiger partial charge in [0.1, 0.15) is 0 Å². The molecule has 0 spiro atoms. The number of nitrogens with zero attached hydrogens (tertiary/aromatic N) is 4. The molecular weight excluding hydrogens is 993 g/mol. The molecule has 2 aliphatic heterocycles. The summed E-state index contributed by atoms with van der Waals surface area (Å²) in [5, 5.41) is 21.2. The van der Waals surface area contributed by atoms with E-state index in [1.54, 1.807) is 0 Å². The van der Waals surface area contributed by atoms with Crippen LogP contribution in [0.4, 0.5) is 0 Å². The van der Waals surface area contributed by atoms with Crippen LogP contribution in [0.15, 0.2) is 24.3 Å². The van der Waals surface area contributed by atoms with Gasteiger partial charge in [-0.15, -0.1) is 0 Å². The van der Waals surface area contributed by atoms with Crippen molar-refractivity contribution in [3.63, 3.8) is 0 Å². The van der Waals surface area contributed by atoms with Gasteiger partial charge >= 0.3 is 0 Å². The van der Waals surface area contributed by atoms with Crippen LogP contribution in [0.2, 0.25) is 0 Å². The zero-order valence-electron chi connectivity index (χ0n) is 52.0. The number of aromatic nitrogens is 4. The zero-order valence-corrected chi connectivity index (χ0v) is 52.0. The summed E-state index contributed by atoms with van der Waals surface area (Å²) in [5.74, 6) is 0.374. The van der Waals surface area contributed by atoms with Crippen molar-refractivity contribution in [1.82, 2.24) is 61.6 Å². The third kappa shape index (κ3) is 20.9. The Morgan fingerprint density at radius 2 is 0.738 bits per heavy atom. The minimum Gasteiger partial charge on any atom is -0.355 e. The van der Waals surface area contributed by atoms with Crippen LogP contribution in [0, 0.1) is 13.8 Å². The molecule has 0 saturated carbocycles. The first-order chi connectivity index (χ1) is 39.0. The summed E-state index contributed by atoms with van der Waals surface area (Å²) in [4.78, 5) is 50.6.